The predicted molar refractivity (Wildman–Crippen MR) is 62.6 cm³/mol. The van der Waals surface area contributed by atoms with Gasteiger partial charge in [-0.05, 0) is 6.42 Å². The number of hydrogen-bond donors (Lipinski definition) is 4. The van der Waals surface area contributed by atoms with Crippen LogP contribution in [-0.2, 0) is 6.42 Å². The van der Waals surface area contributed by atoms with E-state index >= 15 is 0 Å². The topological polar surface area (TPSA) is 160 Å². The highest BCUT2D eigenvalue weighted by molar-refractivity contribution is 5.92. The van der Waals surface area contributed by atoms with Crippen molar-refractivity contribution in [2.45, 2.75) is 12.8 Å². The van der Waals surface area contributed by atoms with Crippen LogP contribution in [0.25, 0.3) is 0 Å². The number of nitrogens with two attached hydrogens (primary N) is 3. The number of nitrogens with zero attached hydrogens (tertiary/aromatic N) is 6. The van der Waals surface area contributed by atoms with Crippen molar-refractivity contribution in [2.75, 3.05) is 13.6 Å². The molecule has 0 fully saturated rings. The fraction of sp³-hybridized carbons (Fsp3) is 0.571. The van der Waals surface area contributed by atoms with Crippen molar-refractivity contribution in [3.05, 3.63) is 5.82 Å². The van der Waals surface area contributed by atoms with Crippen molar-refractivity contribution >= 4 is 11.9 Å². The number of aliphatic imine (C=N–C) groups is 2. The molecule has 0 spiro atoms. The Kier molecular flexibility index (Phi) is 4.81. The van der Waals surface area contributed by atoms with Crippen LogP contribution < -0.4 is 17.3 Å². The standard InChI is InChI=1S/C7H16N10/c1-11-6(8)12-7(9)17(10)4-2-3-5-13-15-16-14-5/h2-4,10H2,1H3,(H4,8,9,11,12)(H,13,14,15,16). The number of aryl methyl sites for hydroxylation is 1. The fourth-order valence-electron chi connectivity index (χ4n) is 1.04. The summed E-state index contributed by atoms with van der Waals surface area (Å²) in [7, 11) is 1.52. The Balaban J connectivity index is 2.34. The molecule has 0 aromatic carbocycles. The van der Waals surface area contributed by atoms with Crippen LogP contribution in [-0.4, -0.2) is 51.1 Å². The molecule has 0 saturated heterocycles. The van der Waals surface area contributed by atoms with Gasteiger partial charge in [-0.1, -0.05) is 5.21 Å². The summed E-state index contributed by atoms with van der Waals surface area (Å²) in [5.74, 6) is 6.48. The Labute approximate surface area is 97.9 Å². The highest BCUT2D eigenvalue weighted by atomic mass is 15.5. The second-order valence-corrected chi connectivity index (χ2v) is 3.18. The molecule has 0 unspecified atom stereocenters. The fourth-order valence-corrected chi connectivity index (χ4v) is 1.04. The summed E-state index contributed by atoms with van der Waals surface area (Å²) >= 11 is 0. The van der Waals surface area contributed by atoms with Gasteiger partial charge in [0.1, 0.15) is 0 Å². The van der Waals surface area contributed by atoms with Crippen molar-refractivity contribution < 1.29 is 0 Å². The van der Waals surface area contributed by atoms with Crippen LogP contribution >= 0.6 is 0 Å². The molecule has 0 atom stereocenters. The van der Waals surface area contributed by atoms with Crippen LogP contribution in [0.3, 0.4) is 0 Å². The summed E-state index contributed by atoms with van der Waals surface area (Å²) in [4.78, 5) is 7.43. The van der Waals surface area contributed by atoms with Gasteiger partial charge in [-0.2, -0.15) is 10.2 Å². The SMILES string of the molecule is CN=C(N)N=C(N)N(N)CCCc1nn[nH]n1. The molecule has 1 aromatic heterocycles. The lowest BCUT2D eigenvalue weighted by Gasteiger charge is -2.16. The van der Waals surface area contributed by atoms with Gasteiger partial charge in [0.25, 0.3) is 0 Å². The van der Waals surface area contributed by atoms with E-state index in [1.807, 2.05) is 0 Å². The Morgan fingerprint density at radius 1 is 1.47 bits per heavy atom. The van der Waals surface area contributed by atoms with Gasteiger partial charge in [0.05, 0.1) is 0 Å². The number of nitrogens with one attached hydrogen (secondary N) is 1. The largest absolute Gasteiger partial charge is 0.368 e. The van der Waals surface area contributed by atoms with Crippen molar-refractivity contribution in [1.82, 2.24) is 25.6 Å². The van der Waals surface area contributed by atoms with E-state index in [2.05, 4.69) is 30.6 Å². The van der Waals surface area contributed by atoms with Crippen LogP contribution in [0.1, 0.15) is 12.2 Å². The van der Waals surface area contributed by atoms with Gasteiger partial charge in [-0.15, -0.1) is 10.2 Å². The maximum Gasteiger partial charge on any atom is 0.218 e. The zero-order valence-electron chi connectivity index (χ0n) is 9.54. The highest BCUT2D eigenvalue weighted by Crippen LogP contribution is 1.93. The minimum absolute atomic E-state index is 0.0797. The van der Waals surface area contributed by atoms with Crippen LogP contribution in [0, 0.1) is 0 Å². The molecular weight excluding hydrogens is 224 g/mol. The van der Waals surface area contributed by atoms with E-state index in [-0.39, 0.29) is 11.9 Å². The first kappa shape index (κ1) is 12.8. The molecule has 1 rings (SSSR count). The zero-order valence-corrected chi connectivity index (χ0v) is 9.54. The van der Waals surface area contributed by atoms with Crippen molar-refractivity contribution in [3.63, 3.8) is 0 Å². The molecule has 0 aliphatic heterocycles. The molecule has 1 heterocycles. The molecule has 0 radical (unpaired) electrons. The van der Waals surface area contributed by atoms with Gasteiger partial charge < -0.3 is 11.5 Å². The number of guanidine groups is 2. The molecule has 0 aliphatic rings. The Hall–Kier alpha value is -2.23. The first-order valence-corrected chi connectivity index (χ1v) is 4.94. The van der Waals surface area contributed by atoms with Crippen LogP contribution in [0.15, 0.2) is 9.98 Å². The van der Waals surface area contributed by atoms with E-state index in [9.17, 15) is 0 Å². The second kappa shape index (κ2) is 6.37. The first-order valence-electron chi connectivity index (χ1n) is 4.94. The summed E-state index contributed by atoms with van der Waals surface area (Å²) in [5, 5.41) is 14.7. The third-order valence-electron chi connectivity index (χ3n) is 1.94. The summed E-state index contributed by atoms with van der Waals surface area (Å²) in [6, 6.07) is 0. The minimum atomic E-state index is 0.0797. The Morgan fingerprint density at radius 2 is 2.24 bits per heavy atom. The molecule has 1 aromatic rings. The van der Waals surface area contributed by atoms with Gasteiger partial charge in [-0.25, -0.2) is 5.84 Å². The third kappa shape index (κ3) is 4.42. The van der Waals surface area contributed by atoms with E-state index in [1.165, 1.54) is 12.1 Å². The van der Waals surface area contributed by atoms with Crippen molar-refractivity contribution in [1.29, 1.82) is 0 Å². The summed E-state index contributed by atoms with van der Waals surface area (Å²) in [6.07, 6.45) is 1.37. The highest BCUT2D eigenvalue weighted by Gasteiger charge is 2.04. The Bertz CT molecular complexity index is 379. The number of tetrazole rings is 1. The van der Waals surface area contributed by atoms with Gasteiger partial charge in [0.15, 0.2) is 5.82 Å². The lowest BCUT2D eigenvalue weighted by atomic mass is 10.3. The molecule has 0 amide bonds. The molecular formula is C7H16N10. The normalized spacial score (nSPS) is 12.8. The Morgan fingerprint density at radius 3 is 2.82 bits per heavy atom. The van der Waals surface area contributed by atoms with Crippen LogP contribution in [0.2, 0.25) is 0 Å². The number of H-pyrrole nitrogens is 1. The van der Waals surface area contributed by atoms with Gasteiger partial charge in [-0.3, -0.25) is 10.0 Å². The average molecular weight is 240 g/mol. The van der Waals surface area contributed by atoms with E-state index in [0.29, 0.717) is 18.8 Å². The number of aromatic nitrogens is 4. The van der Waals surface area contributed by atoms with Gasteiger partial charge in [0.2, 0.25) is 11.9 Å². The van der Waals surface area contributed by atoms with Crippen LogP contribution in [0.5, 0.6) is 0 Å². The van der Waals surface area contributed by atoms with Gasteiger partial charge in [0, 0.05) is 20.0 Å². The molecule has 7 N–H and O–H groups in total. The number of aromatic amines is 1. The summed E-state index contributed by atoms with van der Waals surface area (Å²) in [6.45, 7) is 0.501. The quantitative estimate of drug-likeness (QED) is 0.197. The van der Waals surface area contributed by atoms with Crippen molar-refractivity contribution in [3.8, 4) is 0 Å². The smallest absolute Gasteiger partial charge is 0.218 e. The average Bonchev–Trinajstić information content (AvgIpc) is 2.81. The van der Waals surface area contributed by atoms with Gasteiger partial charge >= 0.3 is 0 Å². The number of hydrogen-bond acceptors (Lipinski definition) is 5. The predicted octanol–water partition coefficient (Wildman–Crippen LogP) is -2.43. The van der Waals surface area contributed by atoms with Crippen molar-refractivity contribution in [2.24, 2.45) is 27.3 Å². The van der Waals surface area contributed by atoms with Crippen LogP contribution in [0.4, 0.5) is 0 Å². The summed E-state index contributed by atoms with van der Waals surface area (Å²) in [5.41, 5.74) is 11.0. The maximum absolute atomic E-state index is 5.66. The first-order chi connectivity index (χ1) is 8.13. The third-order valence-corrected chi connectivity index (χ3v) is 1.94. The minimum Gasteiger partial charge on any atom is -0.368 e. The molecule has 0 bridgehead atoms. The molecule has 10 heteroatoms. The summed E-state index contributed by atoms with van der Waals surface area (Å²) < 4.78 is 0. The maximum atomic E-state index is 5.66. The molecule has 0 saturated carbocycles. The number of hydrazine groups is 1. The van der Waals surface area contributed by atoms with E-state index < -0.39 is 0 Å². The second-order valence-electron chi connectivity index (χ2n) is 3.18. The van der Waals surface area contributed by atoms with E-state index in [0.717, 1.165) is 6.42 Å². The molecule has 10 nitrogen and oxygen atoms in total. The lowest BCUT2D eigenvalue weighted by Crippen LogP contribution is -2.44. The van der Waals surface area contributed by atoms with E-state index in [4.69, 9.17) is 17.3 Å². The number of rotatable bonds is 4. The molecule has 0 aliphatic carbocycles. The monoisotopic (exact) mass is 240 g/mol. The molecule has 94 valence electrons. The molecule has 17 heavy (non-hydrogen) atoms. The lowest BCUT2D eigenvalue weighted by molar-refractivity contribution is 0.423. The van der Waals surface area contributed by atoms with E-state index in [1.54, 1.807) is 0 Å². The zero-order chi connectivity index (χ0) is 12.7.